The molecule has 8 nitrogen and oxygen atoms in total. The maximum atomic E-state index is 5.00. The van der Waals surface area contributed by atoms with E-state index in [1.807, 2.05) is 47.8 Å². The quantitative estimate of drug-likeness (QED) is 0.0997. The number of hydrogen-bond donors (Lipinski definition) is 0. The summed E-state index contributed by atoms with van der Waals surface area (Å²) in [5.74, 6) is 1.80. The van der Waals surface area contributed by atoms with Crippen LogP contribution in [0.15, 0.2) is 83.0 Å². The molecule has 0 saturated heterocycles. The first-order valence-electron chi connectivity index (χ1n) is 17.0. The Balaban J connectivity index is 0.00000325. The van der Waals surface area contributed by atoms with E-state index in [9.17, 15) is 0 Å². The van der Waals surface area contributed by atoms with Gasteiger partial charge in [-0.3, -0.25) is 19.0 Å². The van der Waals surface area contributed by atoms with Gasteiger partial charge in [-0.2, -0.15) is 10.2 Å². The van der Waals surface area contributed by atoms with Gasteiger partial charge in [-0.25, -0.2) is 9.97 Å². The molecular formula is C40H46Cl2N8S4. The van der Waals surface area contributed by atoms with E-state index in [0.29, 0.717) is 0 Å². The molecule has 0 radical (unpaired) electrons. The number of azo groups is 1. The van der Waals surface area contributed by atoms with Crippen molar-refractivity contribution in [1.82, 2.24) is 19.8 Å². The van der Waals surface area contributed by atoms with Gasteiger partial charge >= 0.3 is 10.3 Å². The monoisotopic (exact) mass is 836 g/mol. The smallest absolute Gasteiger partial charge is 0.307 e. The maximum absolute atomic E-state index is 5.00. The third kappa shape index (κ3) is 10.2. The number of thioether (sulfide) groups is 2. The number of rotatable bonds is 8. The van der Waals surface area contributed by atoms with Gasteiger partial charge in [0.15, 0.2) is 0 Å². The molecule has 0 atom stereocenters. The van der Waals surface area contributed by atoms with Crippen LogP contribution in [0.4, 0.5) is 11.4 Å². The highest BCUT2D eigenvalue weighted by atomic mass is 35.5. The molecule has 0 aliphatic rings. The van der Waals surface area contributed by atoms with E-state index >= 15 is 0 Å². The Morgan fingerprint density at radius 2 is 0.944 bits per heavy atom. The average molecular weight is 838 g/mol. The summed E-state index contributed by atoms with van der Waals surface area (Å²) in [4.78, 5) is 14.3. The fraction of sp³-hybridized carbons (Fsp3) is 0.300. The molecule has 0 N–H and O–H groups in total. The fourth-order valence-electron chi connectivity index (χ4n) is 5.85. The van der Waals surface area contributed by atoms with Crippen LogP contribution in [-0.4, -0.2) is 95.6 Å². The van der Waals surface area contributed by atoms with Crippen LogP contribution >= 0.6 is 46.2 Å². The van der Waals surface area contributed by atoms with Crippen LogP contribution in [0.25, 0.3) is 41.6 Å². The van der Waals surface area contributed by atoms with Gasteiger partial charge < -0.3 is 24.8 Å². The lowest BCUT2D eigenvalue weighted by molar-refractivity contribution is -0.466. The summed E-state index contributed by atoms with van der Waals surface area (Å²) in [5.41, 5.74) is 11.1. The summed E-state index contributed by atoms with van der Waals surface area (Å²) in [6, 6.07) is 25.4. The van der Waals surface area contributed by atoms with Crippen LogP contribution in [0.5, 0.6) is 0 Å². The SMILES string of the molecule is Cc1cc2sc(-c3ccc(N=Nc4ccc(-c5nc6cc(CSC(N(C)C)=[N+](C)C)c(C)cc6s5)cc4)cc3)nc2cc1CSC(N(C)C)=[N+](C)C.[Cl-].[Cl-]. The van der Waals surface area contributed by atoms with Gasteiger partial charge in [0.25, 0.3) is 0 Å². The van der Waals surface area contributed by atoms with Crippen LogP contribution in [0.2, 0.25) is 0 Å². The van der Waals surface area contributed by atoms with Gasteiger partial charge in [0.2, 0.25) is 0 Å². The van der Waals surface area contributed by atoms with Crippen molar-refractivity contribution < 1.29 is 34.0 Å². The molecule has 6 rings (SSSR count). The molecule has 6 aromatic rings. The molecule has 2 aromatic heterocycles. The second-order valence-corrected chi connectivity index (χ2v) is 17.5. The number of hydrogen-bond acceptors (Lipinski definition) is 8. The van der Waals surface area contributed by atoms with E-state index < -0.39 is 0 Å². The van der Waals surface area contributed by atoms with E-state index in [2.05, 4.69) is 148 Å². The summed E-state index contributed by atoms with van der Waals surface area (Å²) in [6.45, 7) is 4.38. The van der Waals surface area contributed by atoms with Crippen LogP contribution < -0.4 is 24.8 Å². The Morgan fingerprint density at radius 1 is 0.593 bits per heavy atom. The topological polar surface area (TPSA) is 63.0 Å². The summed E-state index contributed by atoms with van der Waals surface area (Å²) >= 11 is 7.14. The number of fused-ring (bicyclic) bond motifs is 2. The molecule has 0 amide bonds. The van der Waals surface area contributed by atoms with Crippen molar-refractivity contribution in [3.63, 3.8) is 0 Å². The number of nitrogens with zero attached hydrogens (tertiary/aromatic N) is 8. The molecule has 0 fully saturated rings. The first kappa shape index (κ1) is 43.2. The highest BCUT2D eigenvalue weighted by Gasteiger charge is 2.17. The maximum Gasteiger partial charge on any atom is 0.307 e. The minimum Gasteiger partial charge on any atom is -1.00 e. The molecule has 284 valence electrons. The fourth-order valence-corrected chi connectivity index (χ4v) is 10.2. The van der Waals surface area contributed by atoms with Crippen LogP contribution in [0.3, 0.4) is 0 Å². The number of aryl methyl sites for hydroxylation is 2. The third-order valence-electron chi connectivity index (χ3n) is 8.45. The van der Waals surface area contributed by atoms with Crippen molar-refractivity contribution in [2.45, 2.75) is 25.4 Å². The van der Waals surface area contributed by atoms with Gasteiger partial charge in [-0.15, -0.1) is 22.7 Å². The van der Waals surface area contributed by atoms with Crippen molar-refractivity contribution >= 4 is 88.3 Å². The second-order valence-electron chi connectivity index (χ2n) is 13.5. The van der Waals surface area contributed by atoms with Crippen molar-refractivity contribution in [2.75, 3.05) is 56.4 Å². The predicted octanol–water partition coefficient (Wildman–Crippen LogP) is 4.13. The van der Waals surface area contributed by atoms with Gasteiger partial charge in [0.1, 0.15) is 10.0 Å². The molecule has 14 heteroatoms. The Bertz CT molecular complexity index is 2160. The van der Waals surface area contributed by atoms with Crippen molar-refractivity contribution in [3.8, 4) is 21.1 Å². The number of aromatic nitrogens is 2. The van der Waals surface area contributed by atoms with Crippen LogP contribution in [0.1, 0.15) is 22.3 Å². The Morgan fingerprint density at radius 3 is 1.26 bits per heavy atom. The zero-order valence-electron chi connectivity index (χ0n) is 32.3. The molecule has 0 aliphatic heterocycles. The normalized spacial score (nSPS) is 11.1. The number of amidine groups is 2. The standard InChI is InChI=1S/C40H46N8S4.2ClH/c1-25-19-35-33(21-29(25)23-49-39(45(3)4)46(5)6)41-37(51-35)27-11-15-31(16-12-27)43-44-32-17-13-28(14-18-32)38-42-34-22-30(26(2)20-36(34)52-38)24-50-40(47(7)8)48(9)10;;/h11-22H,23-24H2,1-10H3;2*1H/q+2;;/p-2. The number of benzene rings is 4. The molecule has 0 spiro atoms. The number of halogens is 2. The van der Waals surface area contributed by atoms with Crippen LogP contribution in [0, 0.1) is 13.8 Å². The first-order chi connectivity index (χ1) is 24.9. The summed E-state index contributed by atoms with van der Waals surface area (Å²) in [6.07, 6.45) is 0. The van der Waals surface area contributed by atoms with E-state index in [0.717, 1.165) is 55.1 Å². The molecule has 2 heterocycles. The van der Waals surface area contributed by atoms with Crippen LogP contribution in [-0.2, 0) is 11.5 Å². The predicted molar refractivity (Wildman–Crippen MR) is 228 cm³/mol. The minimum absolute atomic E-state index is 0. The number of thiazole rings is 2. The Hall–Kier alpha value is -3.52. The summed E-state index contributed by atoms with van der Waals surface area (Å²) < 4.78 is 6.73. The van der Waals surface area contributed by atoms with Crippen molar-refractivity contribution in [3.05, 3.63) is 95.1 Å². The molecule has 54 heavy (non-hydrogen) atoms. The second kappa shape index (κ2) is 18.9. The van der Waals surface area contributed by atoms with E-state index in [1.54, 1.807) is 22.7 Å². The van der Waals surface area contributed by atoms with Gasteiger partial charge in [-0.1, -0.05) is 0 Å². The lowest BCUT2D eigenvalue weighted by Crippen LogP contribution is -3.00. The average Bonchev–Trinajstić information content (AvgIpc) is 3.71. The molecular weight excluding hydrogens is 792 g/mol. The van der Waals surface area contributed by atoms with E-state index in [-0.39, 0.29) is 24.8 Å². The van der Waals surface area contributed by atoms with E-state index in [1.165, 1.54) is 42.0 Å². The summed E-state index contributed by atoms with van der Waals surface area (Å²) in [5, 5.41) is 13.5. The van der Waals surface area contributed by atoms with Gasteiger partial charge in [0, 0.05) is 22.6 Å². The van der Waals surface area contributed by atoms with Gasteiger partial charge in [0.05, 0.1) is 88.2 Å². The van der Waals surface area contributed by atoms with Gasteiger partial charge in [-0.05, 0) is 132 Å². The van der Waals surface area contributed by atoms with E-state index in [4.69, 9.17) is 9.97 Å². The Labute approximate surface area is 348 Å². The Kier molecular flexibility index (Phi) is 15.1. The zero-order valence-corrected chi connectivity index (χ0v) is 37.1. The largest absolute Gasteiger partial charge is 1.00 e. The summed E-state index contributed by atoms with van der Waals surface area (Å²) in [7, 11) is 16.7. The lowest BCUT2D eigenvalue weighted by Gasteiger charge is -2.11. The highest BCUT2D eigenvalue weighted by Crippen LogP contribution is 2.36. The molecule has 4 aromatic carbocycles. The van der Waals surface area contributed by atoms with Crippen molar-refractivity contribution in [1.29, 1.82) is 0 Å². The molecule has 0 bridgehead atoms. The highest BCUT2D eigenvalue weighted by molar-refractivity contribution is 8.13. The van der Waals surface area contributed by atoms with Crippen molar-refractivity contribution in [2.24, 2.45) is 10.2 Å². The first-order valence-corrected chi connectivity index (χ1v) is 20.6. The molecule has 0 saturated carbocycles. The zero-order chi connectivity index (χ0) is 37.1. The lowest BCUT2D eigenvalue weighted by atomic mass is 10.1. The molecule has 0 unspecified atom stereocenters. The third-order valence-corrected chi connectivity index (χ3v) is 13.5. The molecule has 0 aliphatic carbocycles. The minimum atomic E-state index is 0.